The van der Waals surface area contributed by atoms with Crippen LogP contribution in [0.4, 0.5) is 10.5 Å². The Morgan fingerprint density at radius 1 is 1.07 bits per heavy atom. The van der Waals surface area contributed by atoms with Gasteiger partial charge in [0.05, 0.1) is 23.1 Å². The van der Waals surface area contributed by atoms with E-state index < -0.39 is 6.09 Å². The summed E-state index contributed by atoms with van der Waals surface area (Å²) in [6.45, 7) is 3.35. The van der Waals surface area contributed by atoms with Gasteiger partial charge >= 0.3 is 6.09 Å². The molecule has 4 aromatic rings. The lowest BCUT2D eigenvalue weighted by atomic mass is 10.1. The Morgan fingerprint density at radius 3 is 2.53 bits per heavy atom. The fourth-order valence-electron chi connectivity index (χ4n) is 3.26. The van der Waals surface area contributed by atoms with Crippen LogP contribution in [0.1, 0.15) is 23.1 Å². The van der Waals surface area contributed by atoms with Crippen molar-refractivity contribution >= 4 is 28.5 Å². The highest BCUT2D eigenvalue weighted by Crippen LogP contribution is 2.33. The number of rotatable bonds is 4. The van der Waals surface area contributed by atoms with Gasteiger partial charge in [-0.3, -0.25) is 9.69 Å². The number of carbonyl (C=O) groups excluding carboxylic acids is 1. The molecule has 8 heteroatoms. The monoisotopic (exact) mass is 401 g/mol. The molecule has 3 heterocycles. The van der Waals surface area contributed by atoms with Crippen LogP contribution < -0.4 is 4.90 Å². The number of hydrogen-bond donors (Lipinski definition) is 1. The van der Waals surface area contributed by atoms with Gasteiger partial charge in [-0.2, -0.15) is 5.10 Å². The van der Waals surface area contributed by atoms with E-state index in [1.165, 1.54) is 14.0 Å². The van der Waals surface area contributed by atoms with Crippen LogP contribution in [0.2, 0.25) is 0 Å². The fourth-order valence-corrected chi connectivity index (χ4v) is 3.26. The lowest BCUT2D eigenvalue weighted by molar-refractivity contribution is 0.101. The number of benzene rings is 1. The van der Waals surface area contributed by atoms with Gasteiger partial charge < -0.3 is 5.11 Å². The van der Waals surface area contributed by atoms with E-state index in [9.17, 15) is 14.7 Å². The lowest BCUT2D eigenvalue weighted by Gasteiger charge is -2.16. The van der Waals surface area contributed by atoms with Crippen molar-refractivity contribution in [1.82, 2.24) is 19.7 Å². The number of Topliss-reactive ketones (excluding diaryl/α,β-unsaturated/α-hetero) is 1. The molecule has 0 atom stereocenters. The standard InChI is InChI=1S/C22H19N5O3/c1-13-6-4-9-21(24-13)27-20-11-15(18-8-5-7-17(25-18)14(2)28)10-19(16(20)12-23-27)26(3)22(29)30/h4-12H,1-3H3,(H,29,30). The van der Waals surface area contributed by atoms with Crippen LogP contribution in [0.5, 0.6) is 0 Å². The maximum atomic E-state index is 11.8. The van der Waals surface area contributed by atoms with Gasteiger partial charge in [0.15, 0.2) is 11.6 Å². The topological polar surface area (TPSA) is 101 Å². The molecule has 0 unspecified atom stereocenters. The van der Waals surface area contributed by atoms with E-state index in [-0.39, 0.29) is 5.78 Å². The van der Waals surface area contributed by atoms with Crippen molar-refractivity contribution in [3.8, 4) is 17.1 Å². The van der Waals surface area contributed by atoms with E-state index in [0.29, 0.717) is 39.4 Å². The van der Waals surface area contributed by atoms with Gasteiger partial charge in [0.25, 0.3) is 0 Å². The van der Waals surface area contributed by atoms with Crippen LogP contribution in [-0.2, 0) is 0 Å². The Balaban J connectivity index is 2.00. The quantitative estimate of drug-likeness (QED) is 0.517. The van der Waals surface area contributed by atoms with Crippen molar-refractivity contribution in [3.63, 3.8) is 0 Å². The third kappa shape index (κ3) is 3.39. The summed E-state index contributed by atoms with van der Waals surface area (Å²) in [5, 5.41) is 14.7. The fraction of sp³-hybridized carbons (Fsp3) is 0.136. The van der Waals surface area contributed by atoms with Crippen molar-refractivity contribution < 1.29 is 14.7 Å². The zero-order chi connectivity index (χ0) is 21.4. The first kappa shape index (κ1) is 19.3. The third-order valence-corrected chi connectivity index (χ3v) is 4.81. The number of carbonyl (C=O) groups is 2. The van der Waals surface area contributed by atoms with Gasteiger partial charge in [-0.15, -0.1) is 0 Å². The molecule has 0 aliphatic rings. The van der Waals surface area contributed by atoms with E-state index in [0.717, 1.165) is 10.6 Å². The van der Waals surface area contributed by atoms with Gasteiger partial charge in [-0.25, -0.2) is 19.4 Å². The Morgan fingerprint density at radius 2 is 1.83 bits per heavy atom. The second-order valence-electron chi connectivity index (χ2n) is 6.93. The van der Waals surface area contributed by atoms with Crippen molar-refractivity contribution in [1.29, 1.82) is 0 Å². The Kier molecular flexibility index (Phi) is 4.75. The predicted molar refractivity (Wildman–Crippen MR) is 113 cm³/mol. The Hall–Kier alpha value is -4.07. The van der Waals surface area contributed by atoms with Crippen LogP contribution in [0.3, 0.4) is 0 Å². The van der Waals surface area contributed by atoms with Gasteiger partial charge in [0, 0.05) is 30.6 Å². The summed E-state index contributed by atoms with van der Waals surface area (Å²) in [7, 11) is 1.47. The minimum Gasteiger partial charge on any atom is -0.465 e. The predicted octanol–water partition coefficient (Wildman–Crippen LogP) is 4.11. The molecule has 150 valence electrons. The Bertz CT molecular complexity index is 1300. The molecule has 1 amide bonds. The molecular weight excluding hydrogens is 382 g/mol. The summed E-state index contributed by atoms with van der Waals surface area (Å²) in [6.07, 6.45) is 0.525. The second-order valence-corrected chi connectivity index (χ2v) is 6.93. The molecule has 0 aliphatic heterocycles. The van der Waals surface area contributed by atoms with Crippen molar-refractivity contribution in [2.45, 2.75) is 13.8 Å². The maximum absolute atomic E-state index is 11.8. The molecule has 30 heavy (non-hydrogen) atoms. The average Bonchev–Trinajstić information content (AvgIpc) is 3.16. The first-order valence-corrected chi connectivity index (χ1v) is 9.26. The van der Waals surface area contributed by atoms with Gasteiger partial charge in [-0.1, -0.05) is 12.1 Å². The van der Waals surface area contributed by atoms with E-state index >= 15 is 0 Å². The summed E-state index contributed by atoms with van der Waals surface area (Å²) in [4.78, 5) is 33.5. The van der Waals surface area contributed by atoms with Crippen molar-refractivity contribution in [2.75, 3.05) is 11.9 Å². The highest BCUT2D eigenvalue weighted by molar-refractivity contribution is 6.02. The molecule has 0 saturated heterocycles. The van der Waals surface area contributed by atoms with E-state index in [1.54, 1.807) is 35.1 Å². The summed E-state index contributed by atoms with van der Waals surface area (Å²) < 4.78 is 1.67. The number of ketones is 1. The minimum absolute atomic E-state index is 0.144. The lowest BCUT2D eigenvalue weighted by Crippen LogP contribution is -2.24. The number of nitrogens with zero attached hydrogens (tertiary/aromatic N) is 5. The highest BCUT2D eigenvalue weighted by atomic mass is 16.4. The van der Waals surface area contributed by atoms with Crippen LogP contribution in [0.25, 0.3) is 28.0 Å². The van der Waals surface area contributed by atoms with Gasteiger partial charge in [0.1, 0.15) is 5.69 Å². The van der Waals surface area contributed by atoms with Crippen LogP contribution in [0, 0.1) is 6.92 Å². The first-order valence-electron chi connectivity index (χ1n) is 9.26. The highest BCUT2D eigenvalue weighted by Gasteiger charge is 2.19. The summed E-state index contributed by atoms with van der Waals surface area (Å²) in [5.74, 6) is 0.478. The van der Waals surface area contributed by atoms with Crippen LogP contribution in [-0.4, -0.2) is 43.8 Å². The van der Waals surface area contributed by atoms with Gasteiger partial charge in [0.2, 0.25) is 0 Å². The number of hydrogen-bond acceptors (Lipinski definition) is 5. The molecular formula is C22H19N5O3. The number of aromatic nitrogens is 4. The largest absolute Gasteiger partial charge is 0.465 e. The SMILES string of the molecule is CC(=O)c1cccc(-c2cc(N(C)C(=O)O)c3cnn(-c4cccc(C)n4)c3c2)n1. The maximum Gasteiger partial charge on any atom is 0.411 e. The van der Waals surface area contributed by atoms with Crippen molar-refractivity contribution in [3.05, 3.63) is 66.1 Å². The summed E-state index contributed by atoms with van der Waals surface area (Å²) in [5.41, 5.74) is 3.56. The van der Waals surface area contributed by atoms with E-state index in [4.69, 9.17) is 0 Å². The molecule has 4 rings (SSSR count). The normalized spacial score (nSPS) is 10.9. The minimum atomic E-state index is -1.10. The first-order chi connectivity index (χ1) is 14.3. The molecule has 0 aliphatic carbocycles. The molecule has 0 bridgehead atoms. The van der Waals surface area contributed by atoms with E-state index in [2.05, 4.69) is 15.1 Å². The molecule has 0 saturated carbocycles. The van der Waals surface area contributed by atoms with Crippen molar-refractivity contribution in [2.24, 2.45) is 0 Å². The number of fused-ring (bicyclic) bond motifs is 1. The second kappa shape index (κ2) is 7.40. The number of aryl methyl sites for hydroxylation is 1. The zero-order valence-corrected chi connectivity index (χ0v) is 16.7. The molecule has 1 N–H and O–H groups in total. The molecule has 8 nitrogen and oxygen atoms in total. The summed E-state index contributed by atoms with van der Waals surface area (Å²) in [6, 6.07) is 14.4. The van der Waals surface area contributed by atoms with Crippen LogP contribution >= 0.6 is 0 Å². The number of anilines is 1. The molecule has 1 aromatic carbocycles. The Labute approximate surface area is 172 Å². The van der Waals surface area contributed by atoms with E-state index in [1.807, 2.05) is 31.2 Å². The molecule has 3 aromatic heterocycles. The average molecular weight is 401 g/mol. The molecule has 0 radical (unpaired) electrons. The zero-order valence-electron chi connectivity index (χ0n) is 16.7. The summed E-state index contributed by atoms with van der Waals surface area (Å²) >= 11 is 0. The number of carboxylic acid groups (broad SMARTS) is 1. The molecule has 0 fully saturated rings. The molecule has 0 spiro atoms. The van der Waals surface area contributed by atoms with Gasteiger partial charge in [-0.05, 0) is 43.3 Å². The number of pyridine rings is 2. The smallest absolute Gasteiger partial charge is 0.411 e. The number of amides is 1. The van der Waals surface area contributed by atoms with Crippen LogP contribution in [0.15, 0.2) is 54.7 Å². The third-order valence-electron chi connectivity index (χ3n) is 4.81.